The van der Waals surface area contributed by atoms with Crippen molar-refractivity contribution >= 4 is 34.0 Å². The smallest absolute Gasteiger partial charge is 0.262 e. The Morgan fingerprint density at radius 3 is 2.37 bits per heavy atom. The van der Waals surface area contributed by atoms with Crippen molar-refractivity contribution in [3.8, 4) is 5.75 Å². The van der Waals surface area contributed by atoms with E-state index in [0.717, 1.165) is 0 Å². The number of hydrogen-bond donors (Lipinski definition) is 3. The van der Waals surface area contributed by atoms with Crippen LogP contribution in [0.2, 0.25) is 0 Å². The first kappa shape index (κ1) is 22.8. The summed E-state index contributed by atoms with van der Waals surface area (Å²) in [5.74, 6) is 0.147. The summed E-state index contributed by atoms with van der Waals surface area (Å²) in [6, 6.07) is 12.4. The van der Waals surface area contributed by atoms with Crippen molar-refractivity contribution in [3.05, 3.63) is 54.1 Å². The summed E-state index contributed by atoms with van der Waals surface area (Å²) in [7, 11) is -2.33. The number of carbonyl (C=O) groups is 1. The van der Waals surface area contributed by atoms with E-state index >= 15 is 0 Å². The molecule has 0 aliphatic rings. The second-order valence-electron chi connectivity index (χ2n) is 5.85. The summed E-state index contributed by atoms with van der Waals surface area (Å²) in [4.78, 5) is 12.1. The van der Waals surface area contributed by atoms with E-state index in [-0.39, 0.29) is 29.3 Å². The number of nitrogens with two attached hydrogens (primary N) is 1. The van der Waals surface area contributed by atoms with Crippen molar-refractivity contribution in [1.29, 1.82) is 0 Å². The van der Waals surface area contributed by atoms with Gasteiger partial charge < -0.3 is 15.8 Å². The molecule has 4 N–H and O–H groups in total. The highest BCUT2D eigenvalue weighted by atomic mass is 35.5. The van der Waals surface area contributed by atoms with Crippen LogP contribution in [0.25, 0.3) is 0 Å². The summed E-state index contributed by atoms with van der Waals surface area (Å²) in [5.41, 5.74) is 6.36. The van der Waals surface area contributed by atoms with E-state index in [4.69, 9.17) is 10.5 Å². The molecule has 9 heteroatoms. The number of methoxy groups -OCH3 is 1. The summed E-state index contributed by atoms with van der Waals surface area (Å²) in [6.45, 7) is 2.33. The molecule has 2 aromatic carbocycles. The lowest BCUT2D eigenvalue weighted by Gasteiger charge is -2.12. The summed E-state index contributed by atoms with van der Waals surface area (Å²) in [5, 5.41) is 2.74. The monoisotopic (exact) mass is 413 g/mol. The number of nitrogens with one attached hydrogen (secondary N) is 2. The van der Waals surface area contributed by atoms with Gasteiger partial charge in [-0.2, -0.15) is 0 Å². The molecule has 1 unspecified atom stereocenters. The Bertz CT molecular complexity index is 855. The molecule has 0 aliphatic carbocycles. The van der Waals surface area contributed by atoms with E-state index in [0.29, 0.717) is 30.0 Å². The van der Waals surface area contributed by atoms with Gasteiger partial charge in [-0.05, 0) is 49.7 Å². The molecule has 1 amide bonds. The second kappa shape index (κ2) is 10.1. The number of ether oxygens (including phenoxy) is 1. The zero-order chi connectivity index (χ0) is 19.2. The van der Waals surface area contributed by atoms with Gasteiger partial charge in [0.15, 0.2) is 0 Å². The quantitative estimate of drug-likeness (QED) is 0.615. The molecule has 0 fully saturated rings. The molecule has 2 rings (SSSR count). The first-order chi connectivity index (χ1) is 12.3. The van der Waals surface area contributed by atoms with Crippen LogP contribution in [0.5, 0.6) is 5.75 Å². The van der Waals surface area contributed by atoms with Crippen molar-refractivity contribution in [2.45, 2.75) is 24.3 Å². The molecule has 148 valence electrons. The highest BCUT2D eigenvalue weighted by molar-refractivity contribution is 7.92. The van der Waals surface area contributed by atoms with Crippen molar-refractivity contribution in [2.75, 3.05) is 18.4 Å². The second-order valence-corrected chi connectivity index (χ2v) is 7.53. The van der Waals surface area contributed by atoms with Gasteiger partial charge in [0.05, 0.1) is 17.7 Å². The van der Waals surface area contributed by atoms with Gasteiger partial charge in [-0.25, -0.2) is 8.42 Å². The van der Waals surface area contributed by atoms with Gasteiger partial charge in [0.1, 0.15) is 5.75 Å². The van der Waals surface area contributed by atoms with Crippen LogP contribution in [0.4, 0.5) is 5.69 Å². The molecule has 0 bridgehead atoms. The number of rotatable bonds is 8. The van der Waals surface area contributed by atoms with Crippen molar-refractivity contribution in [3.63, 3.8) is 0 Å². The van der Waals surface area contributed by atoms with Crippen LogP contribution in [-0.4, -0.2) is 34.0 Å². The first-order valence-electron chi connectivity index (χ1n) is 8.13. The van der Waals surface area contributed by atoms with Gasteiger partial charge in [-0.3, -0.25) is 9.52 Å². The Hall–Kier alpha value is -2.29. The number of hydrogen-bond acceptors (Lipinski definition) is 5. The molecule has 0 saturated heterocycles. The van der Waals surface area contributed by atoms with Crippen LogP contribution < -0.4 is 20.5 Å². The maximum absolute atomic E-state index is 12.5. The van der Waals surface area contributed by atoms with Gasteiger partial charge >= 0.3 is 0 Å². The third-order valence-corrected chi connectivity index (χ3v) is 5.04. The van der Waals surface area contributed by atoms with E-state index in [1.54, 1.807) is 24.3 Å². The highest BCUT2D eigenvalue weighted by Gasteiger charge is 2.17. The SMILES string of the molecule is COc1ccccc1NS(=O)(=O)c1ccc(C(=O)NCCC(C)N)cc1.Cl. The molecule has 1 atom stereocenters. The van der Waals surface area contributed by atoms with Crippen LogP contribution in [0.1, 0.15) is 23.7 Å². The molecule has 0 aromatic heterocycles. The maximum Gasteiger partial charge on any atom is 0.262 e. The fraction of sp³-hybridized carbons (Fsp3) is 0.278. The van der Waals surface area contributed by atoms with E-state index < -0.39 is 10.0 Å². The Morgan fingerprint density at radius 1 is 1.15 bits per heavy atom. The maximum atomic E-state index is 12.5. The van der Waals surface area contributed by atoms with Gasteiger partial charge in [0.25, 0.3) is 15.9 Å². The number of anilines is 1. The number of amides is 1. The Balaban J connectivity index is 0.00000364. The third kappa shape index (κ3) is 6.42. The average Bonchev–Trinajstić information content (AvgIpc) is 2.61. The number of sulfonamides is 1. The molecular formula is C18H24ClN3O4S. The molecule has 0 saturated carbocycles. The van der Waals surface area contributed by atoms with E-state index in [1.165, 1.54) is 31.4 Å². The highest BCUT2D eigenvalue weighted by Crippen LogP contribution is 2.26. The molecule has 0 heterocycles. The van der Waals surface area contributed by atoms with Crippen LogP contribution >= 0.6 is 12.4 Å². The normalized spacial score (nSPS) is 11.8. The largest absolute Gasteiger partial charge is 0.495 e. The molecule has 2 aromatic rings. The van der Waals surface area contributed by atoms with Crippen LogP contribution in [-0.2, 0) is 10.0 Å². The lowest BCUT2D eigenvalue weighted by molar-refractivity contribution is 0.0952. The van der Waals surface area contributed by atoms with Crippen LogP contribution in [0, 0.1) is 0 Å². The number of halogens is 1. The lowest BCUT2D eigenvalue weighted by atomic mass is 10.2. The van der Waals surface area contributed by atoms with Crippen LogP contribution in [0.15, 0.2) is 53.4 Å². The summed E-state index contributed by atoms with van der Waals surface area (Å²) < 4.78 is 32.7. The molecule has 0 spiro atoms. The minimum absolute atomic E-state index is 0. The molecular weight excluding hydrogens is 390 g/mol. The van der Waals surface area contributed by atoms with Crippen molar-refractivity contribution in [1.82, 2.24) is 5.32 Å². The number of para-hydroxylation sites is 2. The minimum Gasteiger partial charge on any atom is -0.495 e. The average molecular weight is 414 g/mol. The summed E-state index contributed by atoms with van der Waals surface area (Å²) in [6.07, 6.45) is 0.668. The Morgan fingerprint density at radius 2 is 1.78 bits per heavy atom. The molecule has 27 heavy (non-hydrogen) atoms. The standard InChI is InChI=1S/C18H23N3O4S.ClH/c1-13(19)11-12-20-18(22)14-7-9-15(10-8-14)26(23,24)21-16-5-3-4-6-17(16)25-2;/h3-10,13,21H,11-12,19H2,1-2H3,(H,20,22);1H. The predicted octanol–water partition coefficient (Wildman–Crippen LogP) is 2.38. The Labute approximate surface area is 165 Å². The molecule has 0 aliphatic heterocycles. The molecule has 7 nitrogen and oxygen atoms in total. The number of carbonyl (C=O) groups excluding carboxylic acids is 1. The van der Waals surface area contributed by atoms with Crippen molar-refractivity contribution < 1.29 is 17.9 Å². The number of benzene rings is 2. The van der Waals surface area contributed by atoms with Crippen molar-refractivity contribution in [2.24, 2.45) is 5.73 Å². The fourth-order valence-electron chi connectivity index (χ4n) is 2.23. The lowest BCUT2D eigenvalue weighted by Crippen LogP contribution is -2.28. The van der Waals surface area contributed by atoms with Gasteiger partial charge in [0, 0.05) is 18.2 Å². The zero-order valence-corrected chi connectivity index (χ0v) is 16.8. The zero-order valence-electron chi connectivity index (χ0n) is 15.1. The first-order valence-corrected chi connectivity index (χ1v) is 9.61. The summed E-state index contributed by atoms with van der Waals surface area (Å²) >= 11 is 0. The Kier molecular flexibility index (Phi) is 8.55. The van der Waals surface area contributed by atoms with E-state index in [9.17, 15) is 13.2 Å². The predicted molar refractivity (Wildman–Crippen MR) is 108 cm³/mol. The fourth-order valence-corrected chi connectivity index (χ4v) is 3.30. The minimum atomic E-state index is -3.79. The van der Waals surface area contributed by atoms with Crippen LogP contribution in [0.3, 0.4) is 0 Å². The van der Waals surface area contributed by atoms with E-state index in [2.05, 4.69) is 10.0 Å². The third-order valence-electron chi connectivity index (χ3n) is 3.66. The van der Waals surface area contributed by atoms with Gasteiger partial charge in [-0.15, -0.1) is 12.4 Å². The van der Waals surface area contributed by atoms with Gasteiger partial charge in [0.2, 0.25) is 0 Å². The van der Waals surface area contributed by atoms with Gasteiger partial charge in [-0.1, -0.05) is 12.1 Å². The molecule has 0 radical (unpaired) electrons. The topological polar surface area (TPSA) is 111 Å². The van der Waals surface area contributed by atoms with E-state index in [1.807, 2.05) is 6.92 Å².